The second kappa shape index (κ2) is 6.06. The number of hydrogen-bond donors (Lipinski definition) is 1. The van der Waals surface area contributed by atoms with Gasteiger partial charge in [0.05, 0.1) is 6.26 Å². The molecular weight excluding hydrogens is 202 g/mol. The Morgan fingerprint density at radius 1 is 1.31 bits per heavy atom. The Kier molecular flexibility index (Phi) is 4.43. The Balaban J connectivity index is 1.80. The maximum Gasteiger partial charge on any atom is 0.104 e. The molecule has 1 aliphatic heterocycles. The topological polar surface area (TPSA) is 36.6 Å². The van der Waals surface area contributed by atoms with Crippen LogP contribution in [0, 0.1) is 5.92 Å². The van der Waals surface area contributed by atoms with Crippen LogP contribution in [-0.4, -0.2) is 36.2 Å². The Morgan fingerprint density at radius 3 is 2.75 bits per heavy atom. The molecule has 2 rings (SSSR count). The van der Waals surface area contributed by atoms with E-state index in [-0.39, 0.29) is 6.61 Å². The summed E-state index contributed by atoms with van der Waals surface area (Å²) in [5.41, 5.74) is 0. The van der Waals surface area contributed by atoms with Crippen molar-refractivity contribution in [3.63, 3.8) is 0 Å². The number of hydrogen-bond acceptors (Lipinski definition) is 3. The van der Waals surface area contributed by atoms with Gasteiger partial charge < -0.3 is 14.4 Å². The molecule has 1 saturated heterocycles. The lowest BCUT2D eigenvalue weighted by Crippen LogP contribution is -2.36. The summed E-state index contributed by atoms with van der Waals surface area (Å²) >= 11 is 0. The fourth-order valence-corrected chi connectivity index (χ4v) is 2.41. The maximum atomic E-state index is 9.39. The van der Waals surface area contributed by atoms with E-state index >= 15 is 0 Å². The number of aliphatic hydroxyl groups is 1. The van der Waals surface area contributed by atoms with Crippen molar-refractivity contribution >= 4 is 0 Å². The standard InChI is InChI=1S/C13H21NO2/c15-11-12(9-13-5-4-8-16-13)10-14-6-2-1-3-7-14/h4-5,8,12,15H,1-3,6-7,9-11H2. The van der Waals surface area contributed by atoms with E-state index in [0.29, 0.717) is 5.92 Å². The normalized spacial score (nSPS) is 19.8. The Labute approximate surface area is 97.1 Å². The number of rotatable bonds is 5. The highest BCUT2D eigenvalue weighted by Gasteiger charge is 2.17. The molecule has 1 aromatic rings. The van der Waals surface area contributed by atoms with Crippen LogP contribution in [0.3, 0.4) is 0 Å². The first-order valence-electron chi connectivity index (χ1n) is 6.24. The second-order valence-corrected chi connectivity index (χ2v) is 4.69. The zero-order chi connectivity index (χ0) is 11.2. The lowest BCUT2D eigenvalue weighted by Gasteiger charge is -2.29. The Morgan fingerprint density at radius 2 is 2.12 bits per heavy atom. The minimum Gasteiger partial charge on any atom is -0.469 e. The average molecular weight is 223 g/mol. The van der Waals surface area contributed by atoms with E-state index < -0.39 is 0 Å². The van der Waals surface area contributed by atoms with Gasteiger partial charge in [0.25, 0.3) is 0 Å². The minimum atomic E-state index is 0.247. The van der Waals surface area contributed by atoms with Gasteiger partial charge in [0.2, 0.25) is 0 Å². The third-order valence-corrected chi connectivity index (χ3v) is 3.29. The van der Waals surface area contributed by atoms with Crippen LogP contribution in [0.25, 0.3) is 0 Å². The van der Waals surface area contributed by atoms with E-state index in [1.807, 2.05) is 12.1 Å². The molecule has 0 saturated carbocycles. The highest BCUT2D eigenvalue weighted by atomic mass is 16.3. The average Bonchev–Trinajstić information content (AvgIpc) is 2.82. The fourth-order valence-electron chi connectivity index (χ4n) is 2.41. The molecule has 1 unspecified atom stereocenters. The van der Waals surface area contributed by atoms with E-state index in [9.17, 15) is 5.11 Å². The number of piperidine rings is 1. The molecule has 0 spiro atoms. The minimum absolute atomic E-state index is 0.247. The van der Waals surface area contributed by atoms with E-state index in [1.165, 1.54) is 32.4 Å². The highest BCUT2D eigenvalue weighted by molar-refractivity contribution is 4.99. The number of nitrogens with zero attached hydrogens (tertiary/aromatic N) is 1. The smallest absolute Gasteiger partial charge is 0.104 e. The summed E-state index contributed by atoms with van der Waals surface area (Å²) in [6.45, 7) is 3.62. The molecule has 90 valence electrons. The van der Waals surface area contributed by atoms with Gasteiger partial charge in [-0.25, -0.2) is 0 Å². The van der Waals surface area contributed by atoms with Gasteiger partial charge in [-0.3, -0.25) is 0 Å². The Hall–Kier alpha value is -0.800. The quantitative estimate of drug-likeness (QED) is 0.828. The second-order valence-electron chi connectivity index (χ2n) is 4.69. The van der Waals surface area contributed by atoms with Crippen LogP contribution in [0.5, 0.6) is 0 Å². The van der Waals surface area contributed by atoms with Gasteiger partial charge in [-0.1, -0.05) is 6.42 Å². The summed E-state index contributed by atoms with van der Waals surface area (Å²) < 4.78 is 5.33. The first kappa shape index (κ1) is 11.7. The molecule has 0 bridgehead atoms. The van der Waals surface area contributed by atoms with Gasteiger partial charge >= 0.3 is 0 Å². The molecule has 0 amide bonds. The van der Waals surface area contributed by atoms with E-state index in [1.54, 1.807) is 6.26 Å². The molecule has 16 heavy (non-hydrogen) atoms. The molecule has 3 nitrogen and oxygen atoms in total. The van der Waals surface area contributed by atoms with Crippen LogP contribution < -0.4 is 0 Å². The van der Waals surface area contributed by atoms with Gasteiger partial charge in [-0.05, 0) is 38.1 Å². The number of likely N-dealkylation sites (tertiary alicyclic amines) is 1. The molecule has 0 aromatic carbocycles. The third kappa shape index (κ3) is 3.35. The van der Waals surface area contributed by atoms with Gasteiger partial charge in [-0.15, -0.1) is 0 Å². The van der Waals surface area contributed by atoms with Crippen molar-refractivity contribution in [1.29, 1.82) is 0 Å². The largest absolute Gasteiger partial charge is 0.469 e. The van der Waals surface area contributed by atoms with Crippen LogP contribution in [0.1, 0.15) is 25.0 Å². The zero-order valence-electron chi connectivity index (χ0n) is 9.77. The zero-order valence-corrected chi connectivity index (χ0v) is 9.77. The summed E-state index contributed by atoms with van der Waals surface area (Å²) in [7, 11) is 0. The van der Waals surface area contributed by atoms with Crippen molar-refractivity contribution < 1.29 is 9.52 Å². The molecule has 1 aliphatic rings. The Bertz CT molecular complexity index is 278. The van der Waals surface area contributed by atoms with Crippen LogP contribution in [0.4, 0.5) is 0 Å². The van der Waals surface area contributed by atoms with E-state index in [4.69, 9.17) is 4.42 Å². The van der Waals surface area contributed by atoms with Crippen molar-refractivity contribution in [3.05, 3.63) is 24.2 Å². The monoisotopic (exact) mass is 223 g/mol. The molecular formula is C13H21NO2. The molecule has 1 N–H and O–H groups in total. The first-order chi connectivity index (χ1) is 7.88. The van der Waals surface area contributed by atoms with Crippen molar-refractivity contribution in [1.82, 2.24) is 4.90 Å². The van der Waals surface area contributed by atoms with E-state index in [2.05, 4.69) is 4.90 Å². The lowest BCUT2D eigenvalue weighted by molar-refractivity contribution is 0.143. The van der Waals surface area contributed by atoms with Crippen molar-refractivity contribution in [2.45, 2.75) is 25.7 Å². The maximum absolute atomic E-state index is 9.39. The van der Waals surface area contributed by atoms with Crippen molar-refractivity contribution in [2.24, 2.45) is 5.92 Å². The molecule has 1 aromatic heterocycles. The highest BCUT2D eigenvalue weighted by Crippen LogP contribution is 2.14. The van der Waals surface area contributed by atoms with Gasteiger partial charge in [0, 0.05) is 25.5 Å². The summed E-state index contributed by atoms with van der Waals surface area (Å²) in [6, 6.07) is 3.89. The summed E-state index contributed by atoms with van der Waals surface area (Å²) in [5, 5.41) is 9.39. The summed E-state index contributed by atoms with van der Waals surface area (Å²) in [6.07, 6.45) is 6.51. The molecule has 1 atom stereocenters. The van der Waals surface area contributed by atoms with Crippen LogP contribution in [-0.2, 0) is 6.42 Å². The number of furan rings is 1. The third-order valence-electron chi connectivity index (χ3n) is 3.29. The molecule has 0 aliphatic carbocycles. The molecule has 3 heteroatoms. The van der Waals surface area contributed by atoms with Gasteiger partial charge in [0.1, 0.15) is 5.76 Å². The van der Waals surface area contributed by atoms with Crippen molar-refractivity contribution in [2.75, 3.05) is 26.2 Å². The van der Waals surface area contributed by atoms with E-state index in [0.717, 1.165) is 18.7 Å². The van der Waals surface area contributed by atoms with Gasteiger partial charge in [0.15, 0.2) is 0 Å². The summed E-state index contributed by atoms with van der Waals surface area (Å²) in [4.78, 5) is 2.47. The SMILES string of the molecule is OCC(Cc1ccco1)CN1CCCCC1. The lowest BCUT2D eigenvalue weighted by atomic mass is 10.0. The fraction of sp³-hybridized carbons (Fsp3) is 0.692. The molecule has 0 radical (unpaired) electrons. The van der Waals surface area contributed by atoms with Crippen LogP contribution in [0.15, 0.2) is 22.8 Å². The number of aliphatic hydroxyl groups excluding tert-OH is 1. The van der Waals surface area contributed by atoms with Crippen LogP contribution in [0.2, 0.25) is 0 Å². The van der Waals surface area contributed by atoms with Crippen LogP contribution >= 0.6 is 0 Å². The molecule has 1 fully saturated rings. The van der Waals surface area contributed by atoms with Gasteiger partial charge in [-0.2, -0.15) is 0 Å². The first-order valence-corrected chi connectivity index (χ1v) is 6.24. The predicted octanol–water partition coefficient (Wildman–Crippen LogP) is 1.92. The van der Waals surface area contributed by atoms with Crippen molar-refractivity contribution in [3.8, 4) is 0 Å². The predicted molar refractivity (Wildman–Crippen MR) is 63.3 cm³/mol. The molecule has 2 heterocycles. The summed E-state index contributed by atoms with van der Waals surface area (Å²) in [5.74, 6) is 1.29.